The Bertz CT molecular complexity index is 534. The summed E-state index contributed by atoms with van der Waals surface area (Å²) >= 11 is 2.24. The minimum atomic E-state index is -0.887. The molecular formula is C12H11IN2O2. The number of halogens is 1. The standard InChI is InChI=1S/C12H11IN2O2/c1-8(12(16)17)15-7-10(6-14-15)9-2-4-11(13)5-3-9/h2-8H,1H3,(H,16,17)/t8-/m1/s1. The Morgan fingerprint density at radius 2 is 2.00 bits per heavy atom. The highest BCUT2D eigenvalue weighted by Crippen LogP contribution is 2.21. The Balaban J connectivity index is 2.29. The van der Waals surface area contributed by atoms with Gasteiger partial charge in [0, 0.05) is 15.3 Å². The van der Waals surface area contributed by atoms with E-state index in [9.17, 15) is 4.79 Å². The van der Waals surface area contributed by atoms with Crippen LogP contribution in [0.15, 0.2) is 36.7 Å². The minimum Gasteiger partial charge on any atom is -0.480 e. The minimum absolute atomic E-state index is 0.646. The first-order valence-electron chi connectivity index (χ1n) is 5.11. The summed E-state index contributed by atoms with van der Waals surface area (Å²) in [6, 6.07) is 7.36. The van der Waals surface area contributed by atoms with E-state index in [2.05, 4.69) is 27.7 Å². The molecule has 1 aromatic carbocycles. The molecule has 0 spiro atoms. The topological polar surface area (TPSA) is 55.1 Å². The van der Waals surface area contributed by atoms with Crippen molar-refractivity contribution < 1.29 is 9.90 Å². The van der Waals surface area contributed by atoms with Gasteiger partial charge in [-0.1, -0.05) is 12.1 Å². The fourth-order valence-corrected chi connectivity index (χ4v) is 1.81. The monoisotopic (exact) mass is 342 g/mol. The molecule has 0 fully saturated rings. The molecule has 0 radical (unpaired) electrons. The van der Waals surface area contributed by atoms with Crippen molar-refractivity contribution in [3.63, 3.8) is 0 Å². The Labute approximate surface area is 112 Å². The van der Waals surface area contributed by atoms with E-state index in [0.29, 0.717) is 0 Å². The number of rotatable bonds is 3. The van der Waals surface area contributed by atoms with Crippen LogP contribution in [0.3, 0.4) is 0 Å². The molecule has 17 heavy (non-hydrogen) atoms. The zero-order valence-corrected chi connectivity index (χ0v) is 11.3. The van der Waals surface area contributed by atoms with Crippen LogP contribution in [-0.4, -0.2) is 20.9 Å². The molecule has 0 saturated heterocycles. The molecule has 0 unspecified atom stereocenters. The van der Waals surface area contributed by atoms with Crippen molar-refractivity contribution in [2.24, 2.45) is 0 Å². The lowest BCUT2D eigenvalue weighted by molar-refractivity contribution is -0.140. The first-order chi connectivity index (χ1) is 8.08. The largest absolute Gasteiger partial charge is 0.480 e. The van der Waals surface area contributed by atoms with Crippen molar-refractivity contribution in [1.29, 1.82) is 0 Å². The van der Waals surface area contributed by atoms with Gasteiger partial charge in [0.2, 0.25) is 0 Å². The number of aromatic nitrogens is 2. The summed E-state index contributed by atoms with van der Waals surface area (Å²) in [5.74, 6) is -0.887. The van der Waals surface area contributed by atoms with Crippen LogP contribution in [0.2, 0.25) is 0 Å². The van der Waals surface area contributed by atoms with Gasteiger partial charge >= 0.3 is 5.97 Å². The highest BCUT2D eigenvalue weighted by Gasteiger charge is 2.14. The number of carboxylic acid groups (broad SMARTS) is 1. The van der Waals surface area contributed by atoms with Gasteiger partial charge in [-0.05, 0) is 47.2 Å². The summed E-state index contributed by atoms with van der Waals surface area (Å²) in [6.07, 6.45) is 3.43. The summed E-state index contributed by atoms with van der Waals surface area (Å²) in [5, 5.41) is 13.0. The van der Waals surface area contributed by atoms with Gasteiger partial charge in [-0.2, -0.15) is 5.10 Å². The summed E-state index contributed by atoms with van der Waals surface area (Å²) in [4.78, 5) is 10.8. The second-order valence-electron chi connectivity index (χ2n) is 3.73. The lowest BCUT2D eigenvalue weighted by Crippen LogP contribution is -2.15. The molecule has 1 atom stereocenters. The number of nitrogens with zero attached hydrogens (tertiary/aromatic N) is 2. The highest BCUT2D eigenvalue weighted by molar-refractivity contribution is 14.1. The van der Waals surface area contributed by atoms with Gasteiger partial charge in [-0.25, -0.2) is 4.79 Å². The maximum absolute atomic E-state index is 10.8. The van der Waals surface area contributed by atoms with Gasteiger partial charge in [0.15, 0.2) is 0 Å². The molecule has 2 rings (SSSR count). The van der Waals surface area contributed by atoms with Crippen LogP contribution in [0.4, 0.5) is 0 Å². The predicted molar refractivity (Wildman–Crippen MR) is 72.7 cm³/mol. The van der Waals surface area contributed by atoms with Crippen LogP contribution >= 0.6 is 22.6 Å². The van der Waals surface area contributed by atoms with E-state index in [0.717, 1.165) is 14.7 Å². The van der Waals surface area contributed by atoms with Gasteiger partial charge < -0.3 is 5.11 Å². The summed E-state index contributed by atoms with van der Waals surface area (Å²) in [6.45, 7) is 1.60. The molecule has 0 bridgehead atoms. The molecule has 2 aromatic rings. The van der Waals surface area contributed by atoms with Crippen LogP contribution in [0.5, 0.6) is 0 Å². The maximum atomic E-state index is 10.8. The average molecular weight is 342 g/mol. The molecule has 1 aromatic heterocycles. The fourth-order valence-electron chi connectivity index (χ4n) is 1.45. The van der Waals surface area contributed by atoms with Gasteiger partial charge in [-0.15, -0.1) is 0 Å². The number of benzene rings is 1. The van der Waals surface area contributed by atoms with Crippen molar-refractivity contribution in [2.75, 3.05) is 0 Å². The lowest BCUT2D eigenvalue weighted by atomic mass is 10.1. The van der Waals surface area contributed by atoms with Gasteiger partial charge in [-0.3, -0.25) is 4.68 Å². The SMILES string of the molecule is C[C@H](C(=O)O)n1cc(-c2ccc(I)cc2)cn1. The third-order valence-corrected chi connectivity index (χ3v) is 3.25. The van der Waals surface area contributed by atoms with E-state index in [1.54, 1.807) is 19.3 Å². The van der Waals surface area contributed by atoms with Crippen LogP contribution < -0.4 is 0 Å². The van der Waals surface area contributed by atoms with Crippen LogP contribution in [0.1, 0.15) is 13.0 Å². The quantitative estimate of drug-likeness (QED) is 0.873. The van der Waals surface area contributed by atoms with Gasteiger partial charge in [0.05, 0.1) is 6.20 Å². The smallest absolute Gasteiger partial charge is 0.328 e. The second-order valence-corrected chi connectivity index (χ2v) is 4.98. The number of hydrogen-bond donors (Lipinski definition) is 1. The molecule has 0 aliphatic carbocycles. The van der Waals surface area contributed by atoms with E-state index in [4.69, 9.17) is 5.11 Å². The van der Waals surface area contributed by atoms with Crippen LogP contribution in [0.25, 0.3) is 11.1 Å². The Kier molecular flexibility index (Phi) is 3.46. The molecule has 0 aliphatic rings. The van der Waals surface area contributed by atoms with Crippen molar-refractivity contribution in [1.82, 2.24) is 9.78 Å². The molecule has 4 nitrogen and oxygen atoms in total. The third-order valence-electron chi connectivity index (χ3n) is 2.53. The maximum Gasteiger partial charge on any atom is 0.328 e. The first kappa shape index (κ1) is 12.1. The molecular weight excluding hydrogens is 331 g/mol. The van der Waals surface area contributed by atoms with E-state index < -0.39 is 12.0 Å². The van der Waals surface area contributed by atoms with Crippen molar-refractivity contribution in [2.45, 2.75) is 13.0 Å². The fraction of sp³-hybridized carbons (Fsp3) is 0.167. The Morgan fingerprint density at radius 1 is 1.35 bits per heavy atom. The molecule has 1 heterocycles. The van der Waals surface area contributed by atoms with E-state index in [-0.39, 0.29) is 0 Å². The summed E-state index contributed by atoms with van der Waals surface area (Å²) in [7, 11) is 0. The molecule has 1 N–H and O–H groups in total. The van der Waals surface area contributed by atoms with E-state index in [1.165, 1.54) is 4.68 Å². The van der Waals surface area contributed by atoms with Crippen molar-refractivity contribution >= 4 is 28.6 Å². The molecule has 0 aliphatic heterocycles. The average Bonchev–Trinajstić information content (AvgIpc) is 2.78. The predicted octanol–water partition coefficient (Wildman–Crippen LogP) is 2.80. The number of carbonyl (C=O) groups is 1. The molecule has 0 amide bonds. The number of hydrogen-bond acceptors (Lipinski definition) is 2. The Hall–Kier alpha value is -1.37. The zero-order chi connectivity index (χ0) is 12.4. The number of carboxylic acids is 1. The first-order valence-corrected chi connectivity index (χ1v) is 6.18. The zero-order valence-electron chi connectivity index (χ0n) is 9.17. The third kappa shape index (κ3) is 2.66. The molecule has 88 valence electrons. The van der Waals surface area contributed by atoms with E-state index in [1.807, 2.05) is 24.3 Å². The van der Waals surface area contributed by atoms with Gasteiger partial charge in [0.25, 0.3) is 0 Å². The van der Waals surface area contributed by atoms with Gasteiger partial charge in [0.1, 0.15) is 6.04 Å². The van der Waals surface area contributed by atoms with Crippen molar-refractivity contribution in [3.8, 4) is 11.1 Å². The number of aliphatic carboxylic acids is 1. The second kappa shape index (κ2) is 4.87. The summed E-state index contributed by atoms with van der Waals surface area (Å²) < 4.78 is 2.62. The van der Waals surface area contributed by atoms with Crippen LogP contribution in [0, 0.1) is 3.57 Å². The van der Waals surface area contributed by atoms with E-state index >= 15 is 0 Å². The lowest BCUT2D eigenvalue weighted by Gasteiger charge is -2.05. The molecule has 5 heteroatoms. The van der Waals surface area contributed by atoms with Crippen molar-refractivity contribution in [3.05, 3.63) is 40.2 Å². The van der Waals surface area contributed by atoms with Crippen LogP contribution in [-0.2, 0) is 4.79 Å². The Morgan fingerprint density at radius 3 is 2.59 bits per heavy atom. The molecule has 0 saturated carbocycles. The summed E-state index contributed by atoms with van der Waals surface area (Å²) in [5.41, 5.74) is 1.96. The highest BCUT2D eigenvalue weighted by atomic mass is 127. The normalized spacial score (nSPS) is 12.4.